The molecule has 0 N–H and O–H groups in total. The first-order valence-electron chi connectivity index (χ1n) is 7.14. The van der Waals surface area contributed by atoms with Crippen LogP contribution in [0.4, 0.5) is 0 Å². The molecule has 1 saturated heterocycles. The van der Waals surface area contributed by atoms with Gasteiger partial charge in [-0.2, -0.15) is 0 Å². The molecule has 1 unspecified atom stereocenters. The van der Waals surface area contributed by atoms with E-state index in [1.54, 1.807) is 0 Å². The molecule has 0 amide bonds. The highest BCUT2D eigenvalue weighted by molar-refractivity contribution is 6.31. The van der Waals surface area contributed by atoms with Crippen LogP contribution in [0.1, 0.15) is 17.5 Å². The van der Waals surface area contributed by atoms with E-state index >= 15 is 0 Å². The van der Waals surface area contributed by atoms with Crippen LogP contribution in [0.3, 0.4) is 0 Å². The molecule has 0 aromatic heterocycles. The number of rotatable bonds is 3. The fraction of sp³-hybridized carbons (Fsp3) is 0.562. The molecular weight excluding hydrogens is 272 g/mol. The Kier molecular flexibility index (Phi) is 5.19. The Hall–Kier alpha value is -0.900. The first-order chi connectivity index (χ1) is 9.47. The highest BCUT2D eigenvalue weighted by Gasteiger charge is 2.27. The zero-order valence-corrected chi connectivity index (χ0v) is 13.3. The van der Waals surface area contributed by atoms with E-state index in [9.17, 15) is 4.79 Å². The lowest BCUT2D eigenvalue weighted by Gasteiger charge is -2.26. The van der Waals surface area contributed by atoms with Gasteiger partial charge in [0.2, 0.25) is 0 Å². The normalized spacial score (nSPS) is 21.7. The molecule has 1 aliphatic rings. The van der Waals surface area contributed by atoms with Crippen molar-refractivity contribution in [3.8, 4) is 0 Å². The van der Waals surface area contributed by atoms with Crippen molar-refractivity contribution in [1.82, 2.24) is 9.80 Å². The molecule has 1 fully saturated rings. The molecule has 0 bridgehead atoms. The van der Waals surface area contributed by atoms with E-state index in [2.05, 4.69) is 16.8 Å². The monoisotopic (exact) mass is 294 g/mol. The SMILES string of the molecule is Cc1ccc(CC(=O)C2CN(C)CCCN2C)c(Cl)c1. The van der Waals surface area contributed by atoms with E-state index in [1.165, 1.54) is 0 Å². The Morgan fingerprint density at radius 2 is 2.10 bits per heavy atom. The topological polar surface area (TPSA) is 23.6 Å². The Morgan fingerprint density at radius 3 is 2.80 bits per heavy atom. The Bertz CT molecular complexity index is 489. The third-order valence-electron chi connectivity index (χ3n) is 4.01. The van der Waals surface area contributed by atoms with Crippen molar-refractivity contribution >= 4 is 17.4 Å². The van der Waals surface area contributed by atoms with Crippen LogP contribution in [0.2, 0.25) is 5.02 Å². The Labute approximate surface area is 126 Å². The lowest BCUT2D eigenvalue weighted by atomic mass is 10.0. The van der Waals surface area contributed by atoms with Crippen molar-refractivity contribution in [1.29, 1.82) is 0 Å². The maximum atomic E-state index is 12.6. The number of nitrogens with zero attached hydrogens (tertiary/aromatic N) is 2. The standard InChI is InChI=1S/C16H23ClN2O/c1-12-5-6-13(14(17)9-12)10-16(20)15-11-18(2)7-4-8-19(15)3/h5-6,9,15H,4,7-8,10-11H2,1-3H3. The lowest BCUT2D eigenvalue weighted by Crippen LogP contribution is -2.44. The minimum Gasteiger partial charge on any atom is -0.304 e. The van der Waals surface area contributed by atoms with Gasteiger partial charge in [0.05, 0.1) is 6.04 Å². The molecule has 0 aliphatic carbocycles. The van der Waals surface area contributed by atoms with Crippen LogP contribution >= 0.6 is 11.6 Å². The average molecular weight is 295 g/mol. The highest BCUT2D eigenvalue weighted by atomic mass is 35.5. The summed E-state index contributed by atoms with van der Waals surface area (Å²) >= 11 is 6.23. The number of carbonyl (C=O) groups is 1. The van der Waals surface area contributed by atoms with Gasteiger partial charge < -0.3 is 4.90 Å². The van der Waals surface area contributed by atoms with Crippen molar-refractivity contribution in [2.75, 3.05) is 33.7 Å². The number of hydrogen-bond donors (Lipinski definition) is 0. The fourth-order valence-electron chi connectivity index (χ4n) is 2.72. The molecule has 1 aromatic rings. The molecular formula is C16H23ClN2O. The van der Waals surface area contributed by atoms with E-state index in [4.69, 9.17) is 11.6 Å². The largest absolute Gasteiger partial charge is 0.304 e. The predicted octanol–water partition coefficient (Wildman–Crippen LogP) is 2.40. The van der Waals surface area contributed by atoms with Crippen LogP contribution in [0, 0.1) is 6.92 Å². The van der Waals surface area contributed by atoms with Gasteiger partial charge in [0.15, 0.2) is 5.78 Å². The van der Waals surface area contributed by atoms with E-state index < -0.39 is 0 Å². The number of aryl methyl sites for hydroxylation is 1. The summed E-state index contributed by atoms with van der Waals surface area (Å²) in [7, 11) is 4.12. The number of ketones is 1. The van der Waals surface area contributed by atoms with E-state index in [-0.39, 0.29) is 11.8 Å². The van der Waals surface area contributed by atoms with Crippen molar-refractivity contribution in [2.45, 2.75) is 25.8 Å². The number of hydrogen-bond acceptors (Lipinski definition) is 3. The molecule has 20 heavy (non-hydrogen) atoms. The molecule has 1 aromatic carbocycles. The molecule has 4 heteroatoms. The summed E-state index contributed by atoms with van der Waals surface area (Å²) in [5, 5.41) is 0.697. The van der Waals surface area contributed by atoms with Gasteiger partial charge in [-0.25, -0.2) is 0 Å². The number of halogens is 1. The second kappa shape index (κ2) is 6.70. The molecule has 1 atom stereocenters. The second-order valence-electron chi connectivity index (χ2n) is 5.85. The van der Waals surface area contributed by atoms with Crippen LogP contribution in [0.5, 0.6) is 0 Å². The van der Waals surface area contributed by atoms with Gasteiger partial charge >= 0.3 is 0 Å². The third-order valence-corrected chi connectivity index (χ3v) is 4.36. The van der Waals surface area contributed by atoms with Crippen LogP contribution < -0.4 is 0 Å². The zero-order chi connectivity index (χ0) is 14.7. The molecule has 3 nitrogen and oxygen atoms in total. The quantitative estimate of drug-likeness (QED) is 0.855. The van der Waals surface area contributed by atoms with E-state index in [0.717, 1.165) is 37.2 Å². The molecule has 0 spiro atoms. The Balaban J connectivity index is 2.09. The second-order valence-corrected chi connectivity index (χ2v) is 6.26. The molecule has 1 aliphatic heterocycles. The smallest absolute Gasteiger partial charge is 0.155 e. The van der Waals surface area contributed by atoms with Gasteiger partial charge in [0, 0.05) is 18.0 Å². The molecule has 110 valence electrons. The van der Waals surface area contributed by atoms with Crippen molar-refractivity contribution in [3.05, 3.63) is 34.3 Å². The number of likely N-dealkylation sites (N-methyl/N-ethyl adjacent to an activating group) is 2. The number of carbonyl (C=O) groups excluding carboxylic acids is 1. The maximum absolute atomic E-state index is 12.6. The fourth-order valence-corrected chi connectivity index (χ4v) is 3.02. The van der Waals surface area contributed by atoms with Crippen LogP contribution in [0.25, 0.3) is 0 Å². The average Bonchev–Trinajstić information content (AvgIpc) is 2.54. The van der Waals surface area contributed by atoms with Gasteiger partial charge in [0.1, 0.15) is 0 Å². The van der Waals surface area contributed by atoms with Gasteiger partial charge in [-0.3, -0.25) is 9.69 Å². The molecule has 0 saturated carbocycles. The summed E-state index contributed by atoms with van der Waals surface area (Å²) in [5.74, 6) is 0.256. The minimum atomic E-state index is -0.0279. The summed E-state index contributed by atoms with van der Waals surface area (Å²) in [4.78, 5) is 17.0. The summed E-state index contributed by atoms with van der Waals surface area (Å²) < 4.78 is 0. The van der Waals surface area contributed by atoms with E-state index in [1.807, 2.05) is 32.2 Å². The number of benzene rings is 1. The van der Waals surface area contributed by atoms with Crippen LogP contribution in [-0.2, 0) is 11.2 Å². The minimum absolute atomic E-state index is 0.0279. The first-order valence-corrected chi connectivity index (χ1v) is 7.51. The third kappa shape index (κ3) is 3.81. The van der Waals surface area contributed by atoms with Crippen molar-refractivity contribution in [3.63, 3.8) is 0 Å². The van der Waals surface area contributed by atoms with Gasteiger partial charge in [-0.1, -0.05) is 23.7 Å². The van der Waals surface area contributed by atoms with Crippen molar-refractivity contribution in [2.24, 2.45) is 0 Å². The molecule has 2 rings (SSSR count). The first kappa shape index (κ1) is 15.5. The van der Waals surface area contributed by atoms with Gasteiger partial charge in [0.25, 0.3) is 0 Å². The summed E-state index contributed by atoms with van der Waals surface area (Å²) in [5.41, 5.74) is 2.06. The van der Waals surface area contributed by atoms with Crippen LogP contribution in [0.15, 0.2) is 18.2 Å². The Morgan fingerprint density at radius 1 is 1.35 bits per heavy atom. The zero-order valence-electron chi connectivity index (χ0n) is 12.5. The van der Waals surface area contributed by atoms with E-state index in [0.29, 0.717) is 11.4 Å². The van der Waals surface area contributed by atoms with Crippen molar-refractivity contribution < 1.29 is 4.79 Å². The summed E-state index contributed by atoms with van der Waals surface area (Å²) in [6.07, 6.45) is 1.53. The predicted molar refractivity (Wildman–Crippen MR) is 83.4 cm³/mol. The summed E-state index contributed by atoms with van der Waals surface area (Å²) in [6, 6.07) is 5.88. The van der Waals surface area contributed by atoms with Gasteiger partial charge in [-0.05, 0) is 57.7 Å². The highest BCUT2D eigenvalue weighted by Crippen LogP contribution is 2.20. The van der Waals surface area contributed by atoms with Gasteiger partial charge in [-0.15, -0.1) is 0 Å². The molecule has 0 radical (unpaired) electrons. The van der Waals surface area contributed by atoms with Crippen LogP contribution in [-0.4, -0.2) is 55.4 Å². The number of Topliss-reactive ketones (excluding diaryl/α,β-unsaturated/α-hetero) is 1. The lowest BCUT2D eigenvalue weighted by molar-refractivity contribution is -0.123. The molecule has 1 heterocycles. The maximum Gasteiger partial charge on any atom is 0.155 e. The summed E-state index contributed by atoms with van der Waals surface area (Å²) in [6.45, 7) is 4.84.